The minimum atomic E-state index is -3.91. The van der Waals surface area contributed by atoms with Crippen LogP contribution in [-0.4, -0.2) is 43.7 Å². The molecule has 0 radical (unpaired) electrons. The average molecular weight is 322 g/mol. The van der Waals surface area contributed by atoms with Gasteiger partial charge in [0.25, 0.3) is 10.0 Å². The number of hydrogen-bond acceptors (Lipinski definition) is 7. The van der Waals surface area contributed by atoms with Gasteiger partial charge in [-0.3, -0.25) is 0 Å². The lowest BCUT2D eigenvalue weighted by molar-refractivity contribution is 0.0554. The molecule has 1 aromatic heterocycles. The van der Waals surface area contributed by atoms with Gasteiger partial charge in [0.15, 0.2) is 9.90 Å². The minimum absolute atomic E-state index is 0.137. The summed E-state index contributed by atoms with van der Waals surface area (Å²) in [5.41, 5.74) is -0.136. The van der Waals surface area contributed by atoms with Crippen molar-refractivity contribution in [3.05, 3.63) is 11.2 Å². The topological polar surface area (TPSA) is 106 Å². The van der Waals surface area contributed by atoms with E-state index in [-0.39, 0.29) is 16.4 Å². The fourth-order valence-corrected chi connectivity index (χ4v) is 3.94. The van der Waals surface area contributed by atoms with Gasteiger partial charge in [-0.2, -0.15) is 0 Å². The number of esters is 1. The van der Waals surface area contributed by atoms with Crippen LogP contribution >= 0.6 is 11.3 Å². The quantitative estimate of drug-likeness (QED) is 0.718. The molecule has 0 aliphatic heterocycles. The van der Waals surface area contributed by atoms with E-state index in [9.17, 15) is 18.3 Å². The Morgan fingerprint density at radius 2 is 2.25 bits per heavy atom. The standard InChI is InChI=1S/C11H18N2O5S2/c1-4-5-11(2,15)6-13-20(16,17)10-8(9(14)18-3)12-7-19-10/h7,13,15H,4-6H2,1-3H3. The molecule has 0 aliphatic carbocycles. The highest BCUT2D eigenvalue weighted by Gasteiger charge is 2.29. The number of carbonyl (C=O) groups excluding carboxylic acids is 1. The number of hydrogen-bond donors (Lipinski definition) is 2. The van der Waals surface area contributed by atoms with Gasteiger partial charge in [-0.25, -0.2) is 22.9 Å². The van der Waals surface area contributed by atoms with Gasteiger partial charge >= 0.3 is 5.97 Å². The number of nitrogens with one attached hydrogen (secondary N) is 1. The van der Waals surface area contributed by atoms with Crippen molar-refractivity contribution in [2.45, 2.75) is 36.5 Å². The summed E-state index contributed by atoms with van der Waals surface area (Å²) in [6.07, 6.45) is 1.19. The van der Waals surface area contributed by atoms with Crippen LogP contribution in [0.1, 0.15) is 37.2 Å². The van der Waals surface area contributed by atoms with Gasteiger partial charge in [-0.1, -0.05) is 13.3 Å². The first-order chi connectivity index (χ1) is 9.23. The smallest absolute Gasteiger partial charge is 0.358 e. The molecule has 0 saturated heterocycles. The first kappa shape index (κ1) is 17.0. The summed E-state index contributed by atoms with van der Waals surface area (Å²) in [6.45, 7) is 3.30. The molecule has 2 N–H and O–H groups in total. The third-order valence-corrected chi connectivity index (χ3v) is 5.36. The Labute approximate surface area is 122 Å². The molecule has 1 atom stereocenters. The van der Waals surface area contributed by atoms with Gasteiger partial charge in [0.05, 0.1) is 18.2 Å². The highest BCUT2D eigenvalue weighted by molar-refractivity contribution is 7.91. The van der Waals surface area contributed by atoms with Gasteiger partial charge in [-0.15, -0.1) is 11.3 Å². The maximum Gasteiger partial charge on any atom is 0.358 e. The molecule has 0 saturated carbocycles. The second kappa shape index (κ2) is 6.61. The normalized spacial score (nSPS) is 14.8. The zero-order valence-corrected chi connectivity index (χ0v) is 13.2. The van der Waals surface area contributed by atoms with Crippen molar-refractivity contribution in [1.29, 1.82) is 0 Å². The number of aromatic nitrogens is 1. The van der Waals surface area contributed by atoms with Crippen LogP contribution in [0, 0.1) is 0 Å². The molecule has 1 rings (SSSR count). The highest BCUT2D eigenvalue weighted by atomic mass is 32.2. The average Bonchev–Trinajstić information content (AvgIpc) is 2.86. The first-order valence-electron chi connectivity index (χ1n) is 5.97. The van der Waals surface area contributed by atoms with E-state index >= 15 is 0 Å². The molecule has 1 aromatic rings. The lowest BCUT2D eigenvalue weighted by atomic mass is 10.0. The summed E-state index contributed by atoms with van der Waals surface area (Å²) >= 11 is 0.820. The zero-order chi connectivity index (χ0) is 15.4. The third kappa shape index (κ3) is 4.23. The second-order valence-corrected chi connectivity index (χ2v) is 7.37. The lowest BCUT2D eigenvalue weighted by Gasteiger charge is -2.22. The number of rotatable bonds is 7. The Bertz CT molecular complexity index is 565. The molecule has 20 heavy (non-hydrogen) atoms. The molecule has 0 amide bonds. The number of nitrogens with zero attached hydrogens (tertiary/aromatic N) is 1. The van der Waals surface area contributed by atoms with Gasteiger partial charge in [0.1, 0.15) is 0 Å². The number of carbonyl (C=O) groups is 1. The Kier molecular flexibility index (Phi) is 5.63. The van der Waals surface area contributed by atoms with Crippen molar-refractivity contribution < 1.29 is 23.1 Å². The van der Waals surface area contributed by atoms with Crippen LogP contribution in [0.4, 0.5) is 0 Å². The van der Waals surface area contributed by atoms with Crippen molar-refractivity contribution in [2.24, 2.45) is 0 Å². The summed E-state index contributed by atoms with van der Waals surface area (Å²) in [4.78, 5) is 15.1. The van der Waals surface area contributed by atoms with Crippen LogP contribution < -0.4 is 4.72 Å². The van der Waals surface area contributed by atoms with E-state index in [4.69, 9.17) is 0 Å². The van der Waals surface area contributed by atoms with E-state index in [0.29, 0.717) is 6.42 Å². The molecule has 9 heteroatoms. The summed E-state index contributed by atoms with van der Waals surface area (Å²) in [5.74, 6) is -0.813. The summed E-state index contributed by atoms with van der Waals surface area (Å²) in [6, 6.07) is 0. The van der Waals surface area contributed by atoms with Crippen molar-refractivity contribution in [3.8, 4) is 0 Å². The Morgan fingerprint density at radius 3 is 2.80 bits per heavy atom. The maximum absolute atomic E-state index is 12.1. The van der Waals surface area contributed by atoms with Crippen LogP contribution in [0.2, 0.25) is 0 Å². The molecule has 0 aliphatic rings. The number of sulfonamides is 1. The monoisotopic (exact) mass is 322 g/mol. The van der Waals surface area contributed by atoms with Crippen molar-refractivity contribution in [1.82, 2.24) is 9.71 Å². The molecular weight excluding hydrogens is 304 g/mol. The second-order valence-electron chi connectivity index (χ2n) is 4.55. The van der Waals surface area contributed by atoms with Gasteiger partial charge in [0, 0.05) is 6.54 Å². The van der Waals surface area contributed by atoms with Crippen LogP contribution in [0.3, 0.4) is 0 Å². The predicted octanol–water partition coefficient (Wildman–Crippen LogP) is 0.759. The maximum atomic E-state index is 12.1. The van der Waals surface area contributed by atoms with Crippen LogP contribution in [0.15, 0.2) is 9.72 Å². The SMILES string of the molecule is CCCC(C)(O)CNS(=O)(=O)c1scnc1C(=O)OC. The van der Waals surface area contributed by atoms with Gasteiger partial charge < -0.3 is 9.84 Å². The molecular formula is C11H18N2O5S2. The lowest BCUT2D eigenvalue weighted by Crippen LogP contribution is -2.40. The van der Waals surface area contributed by atoms with Gasteiger partial charge in [0.2, 0.25) is 0 Å². The van der Waals surface area contributed by atoms with Gasteiger partial charge in [-0.05, 0) is 13.3 Å². The van der Waals surface area contributed by atoms with Crippen molar-refractivity contribution in [3.63, 3.8) is 0 Å². The number of methoxy groups -OCH3 is 1. The Morgan fingerprint density at radius 1 is 1.60 bits per heavy atom. The molecule has 0 aromatic carbocycles. The molecule has 0 fully saturated rings. The molecule has 114 valence electrons. The molecule has 7 nitrogen and oxygen atoms in total. The number of ether oxygens (including phenoxy) is 1. The van der Waals surface area contributed by atoms with Crippen molar-refractivity contribution in [2.75, 3.05) is 13.7 Å². The summed E-state index contributed by atoms with van der Waals surface area (Å²) < 4.78 is 30.8. The predicted molar refractivity (Wildman–Crippen MR) is 74.2 cm³/mol. The fraction of sp³-hybridized carbons (Fsp3) is 0.636. The molecule has 0 spiro atoms. The van der Waals surface area contributed by atoms with Crippen LogP contribution in [-0.2, 0) is 14.8 Å². The van der Waals surface area contributed by atoms with Crippen LogP contribution in [0.25, 0.3) is 0 Å². The van der Waals surface area contributed by atoms with E-state index in [1.807, 2.05) is 6.92 Å². The molecule has 1 unspecified atom stereocenters. The Balaban J connectivity index is 2.90. The zero-order valence-electron chi connectivity index (χ0n) is 11.5. The molecule has 0 bridgehead atoms. The van der Waals surface area contributed by atoms with E-state index in [1.165, 1.54) is 5.51 Å². The summed E-state index contributed by atoms with van der Waals surface area (Å²) in [7, 11) is -2.76. The number of thiazole rings is 1. The van der Waals surface area contributed by atoms with E-state index in [1.54, 1.807) is 6.92 Å². The van der Waals surface area contributed by atoms with E-state index in [2.05, 4.69) is 14.4 Å². The largest absolute Gasteiger partial charge is 0.464 e. The third-order valence-electron chi connectivity index (χ3n) is 2.59. The highest BCUT2D eigenvalue weighted by Crippen LogP contribution is 2.21. The Hall–Kier alpha value is -1.03. The first-order valence-corrected chi connectivity index (χ1v) is 8.33. The fourth-order valence-electron chi connectivity index (χ4n) is 1.60. The minimum Gasteiger partial charge on any atom is -0.464 e. The number of aliphatic hydroxyl groups is 1. The molecule has 1 heterocycles. The van der Waals surface area contributed by atoms with Crippen LogP contribution in [0.5, 0.6) is 0 Å². The van der Waals surface area contributed by atoms with E-state index in [0.717, 1.165) is 24.9 Å². The van der Waals surface area contributed by atoms with Crippen molar-refractivity contribution >= 4 is 27.3 Å². The van der Waals surface area contributed by atoms with E-state index < -0.39 is 21.6 Å². The summed E-state index contributed by atoms with van der Waals surface area (Å²) in [5, 5.41) is 9.97.